The molecule has 3 rings (SSSR count). The Labute approximate surface area is 184 Å². The predicted octanol–water partition coefficient (Wildman–Crippen LogP) is 6.54. The number of benzene rings is 3. The number of esters is 1. The smallest absolute Gasteiger partial charge is 0.345 e. The molecule has 0 radical (unpaired) electrons. The van der Waals surface area contributed by atoms with Crippen molar-refractivity contribution in [3.05, 3.63) is 85.7 Å². The predicted molar refractivity (Wildman–Crippen MR) is 105 cm³/mol. The van der Waals surface area contributed by atoms with Crippen molar-refractivity contribution in [2.45, 2.75) is 6.92 Å². The van der Waals surface area contributed by atoms with Crippen molar-refractivity contribution in [3.8, 4) is 5.75 Å². The summed E-state index contributed by atoms with van der Waals surface area (Å²) < 4.78 is 101. The van der Waals surface area contributed by atoms with Gasteiger partial charge in [-0.05, 0) is 65.4 Å². The Hall–Kier alpha value is -2.83. The van der Waals surface area contributed by atoms with E-state index in [9.17, 15) is 35.5 Å². The summed E-state index contributed by atoms with van der Waals surface area (Å²) in [7, 11) is 0. The van der Waals surface area contributed by atoms with E-state index in [1.165, 1.54) is 6.07 Å². The second kappa shape index (κ2) is 8.73. The number of hydrogen-bond donors (Lipinski definition) is 1. The molecule has 0 fully saturated rings. The van der Waals surface area contributed by atoms with E-state index in [0.717, 1.165) is 9.64 Å². The summed E-state index contributed by atoms with van der Waals surface area (Å²) in [5.74, 6) is -18.3. The Bertz CT molecular complexity index is 1190. The lowest BCUT2D eigenvalue weighted by molar-refractivity contribution is 0.0716. The van der Waals surface area contributed by atoms with Crippen LogP contribution in [0.4, 0.5) is 42.1 Å². The monoisotopic (exact) mass is 555 g/mol. The quantitative estimate of drug-likeness (QED) is 0.0994. The van der Waals surface area contributed by atoms with E-state index in [0.29, 0.717) is 11.6 Å². The largest absolute Gasteiger partial charge is 0.416 e. The summed E-state index contributed by atoms with van der Waals surface area (Å²) in [5.41, 5.74) is -0.663. The molecule has 0 aliphatic carbocycles. The Morgan fingerprint density at radius 3 is 2.00 bits per heavy atom. The maximum Gasteiger partial charge on any atom is 0.345 e. The standard InChI is InChI=1S/C20H9F7INO2/c1-7-6-8(28)2-5-11(7)29-18-9(3-4-10(21)12(18)22)20(30)31-19-16(26)14(24)13(23)15(25)17(19)27/h2-6,29H,1H3. The molecule has 0 atom stereocenters. The molecule has 0 aliphatic heterocycles. The van der Waals surface area contributed by atoms with Crippen molar-refractivity contribution in [3.63, 3.8) is 0 Å². The molecule has 3 aromatic carbocycles. The molecule has 0 aliphatic rings. The fourth-order valence-electron chi connectivity index (χ4n) is 2.57. The first-order valence-corrected chi connectivity index (χ1v) is 9.35. The second-order valence-electron chi connectivity index (χ2n) is 6.16. The Balaban J connectivity index is 2.06. The van der Waals surface area contributed by atoms with Crippen LogP contribution in [0.2, 0.25) is 0 Å². The van der Waals surface area contributed by atoms with Gasteiger partial charge < -0.3 is 10.1 Å². The van der Waals surface area contributed by atoms with Crippen molar-refractivity contribution in [1.82, 2.24) is 0 Å². The molecule has 0 saturated carbocycles. The molecule has 3 aromatic rings. The second-order valence-corrected chi connectivity index (χ2v) is 7.40. The third kappa shape index (κ3) is 4.31. The van der Waals surface area contributed by atoms with Gasteiger partial charge in [0.15, 0.2) is 11.6 Å². The van der Waals surface area contributed by atoms with Gasteiger partial charge in [-0.3, -0.25) is 0 Å². The lowest BCUT2D eigenvalue weighted by Gasteiger charge is -2.15. The Kier molecular flexibility index (Phi) is 6.43. The number of carbonyl (C=O) groups is 1. The number of ether oxygens (including phenoxy) is 1. The molecule has 0 amide bonds. The molecule has 3 nitrogen and oxygen atoms in total. The van der Waals surface area contributed by atoms with Crippen LogP contribution in [0.5, 0.6) is 5.75 Å². The minimum Gasteiger partial charge on any atom is -0.416 e. The van der Waals surface area contributed by atoms with Crippen LogP contribution >= 0.6 is 22.6 Å². The van der Waals surface area contributed by atoms with Gasteiger partial charge in [0.25, 0.3) is 0 Å². The fourth-order valence-corrected chi connectivity index (χ4v) is 3.21. The molecule has 31 heavy (non-hydrogen) atoms. The van der Waals surface area contributed by atoms with Crippen LogP contribution in [-0.2, 0) is 0 Å². The molecule has 11 heteroatoms. The van der Waals surface area contributed by atoms with Crippen LogP contribution in [0.25, 0.3) is 0 Å². The number of anilines is 2. The molecule has 162 valence electrons. The Morgan fingerprint density at radius 1 is 0.839 bits per heavy atom. The normalized spacial score (nSPS) is 10.9. The molecule has 0 saturated heterocycles. The highest BCUT2D eigenvalue weighted by molar-refractivity contribution is 14.1. The topological polar surface area (TPSA) is 38.3 Å². The van der Waals surface area contributed by atoms with Gasteiger partial charge in [0.1, 0.15) is 0 Å². The van der Waals surface area contributed by atoms with Crippen LogP contribution in [-0.4, -0.2) is 5.97 Å². The van der Waals surface area contributed by atoms with Crippen molar-refractivity contribution >= 4 is 39.9 Å². The zero-order valence-electron chi connectivity index (χ0n) is 15.2. The number of halogens is 8. The van der Waals surface area contributed by atoms with Crippen LogP contribution in [0.15, 0.2) is 30.3 Å². The van der Waals surface area contributed by atoms with E-state index < -0.39 is 63.7 Å². The lowest BCUT2D eigenvalue weighted by Crippen LogP contribution is -2.16. The van der Waals surface area contributed by atoms with E-state index in [-0.39, 0.29) is 5.69 Å². The van der Waals surface area contributed by atoms with Crippen LogP contribution in [0.1, 0.15) is 15.9 Å². The fraction of sp³-hybridized carbons (Fsp3) is 0.0500. The van der Waals surface area contributed by atoms with Gasteiger partial charge in [0.2, 0.25) is 34.8 Å². The summed E-state index contributed by atoms with van der Waals surface area (Å²) in [4.78, 5) is 12.4. The van der Waals surface area contributed by atoms with E-state index >= 15 is 0 Å². The number of hydrogen-bond acceptors (Lipinski definition) is 3. The number of aryl methyl sites for hydroxylation is 1. The van der Waals surface area contributed by atoms with Crippen molar-refractivity contribution < 1.29 is 40.3 Å². The summed E-state index contributed by atoms with van der Waals surface area (Å²) in [6.07, 6.45) is 0. The average molecular weight is 555 g/mol. The third-order valence-corrected chi connectivity index (χ3v) is 4.80. The van der Waals surface area contributed by atoms with Crippen molar-refractivity contribution in [2.75, 3.05) is 5.32 Å². The van der Waals surface area contributed by atoms with Crippen LogP contribution in [0.3, 0.4) is 0 Å². The SMILES string of the molecule is Cc1cc(I)ccc1Nc1c(C(=O)Oc2c(F)c(F)c(F)c(F)c2F)ccc(F)c1F. The molecule has 0 spiro atoms. The van der Waals surface area contributed by atoms with Gasteiger partial charge in [-0.2, -0.15) is 8.78 Å². The van der Waals surface area contributed by atoms with Gasteiger partial charge in [-0.15, -0.1) is 0 Å². The van der Waals surface area contributed by atoms with Crippen LogP contribution < -0.4 is 10.1 Å². The highest BCUT2D eigenvalue weighted by atomic mass is 127. The van der Waals surface area contributed by atoms with Crippen LogP contribution in [0, 0.1) is 51.2 Å². The maximum absolute atomic E-state index is 14.4. The molecule has 0 unspecified atom stereocenters. The molecular weight excluding hydrogens is 546 g/mol. The highest BCUT2D eigenvalue weighted by Gasteiger charge is 2.30. The summed E-state index contributed by atoms with van der Waals surface area (Å²) >= 11 is 2.01. The summed E-state index contributed by atoms with van der Waals surface area (Å²) in [6.45, 7) is 1.63. The number of nitrogens with one attached hydrogen (secondary N) is 1. The van der Waals surface area contributed by atoms with Gasteiger partial charge in [0, 0.05) is 9.26 Å². The molecule has 0 heterocycles. The van der Waals surface area contributed by atoms with Crippen molar-refractivity contribution in [1.29, 1.82) is 0 Å². The molecule has 0 bridgehead atoms. The third-order valence-electron chi connectivity index (χ3n) is 4.13. The van der Waals surface area contributed by atoms with E-state index in [4.69, 9.17) is 0 Å². The zero-order chi connectivity index (χ0) is 23.0. The van der Waals surface area contributed by atoms with E-state index in [1.54, 1.807) is 19.1 Å². The van der Waals surface area contributed by atoms with Gasteiger partial charge in [-0.1, -0.05) is 0 Å². The number of rotatable bonds is 4. The molecule has 0 aromatic heterocycles. The van der Waals surface area contributed by atoms with E-state index in [1.807, 2.05) is 22.6 Å². The first kappa shape index (κ1) is 22.8. The first-order valence-electron chi connectivity index (χ1n) is 8.27. The highest BCUT2D eigenvalue weighted by Crippen LogP contribution is 2.32. The molecular formula is C20H9F7INO2. The Morgan fingerprint density at radius 2 is 1.42 bits per heavy atom. The molecule has 1 N–H and O–H groups in total. The zero-order valence-corrected chi connectivity index (χ0v) is 17.4. The maximum atomic E-state index is 14.4. The minimum atomic E-state index is -2.45. The van der Waals surface area contributed by atoms with Gasteiger partial charge >= 0.3 is 5.97 Å². The first-order chi connectivity index (χ1) is 14.5. The minimum absolute atomic E-state index is 0.259. The van der Waals surface area contributed by atoms with Gasteiger partial charge in [-0.25, -0.2) is 26.7 Å². The average Bonchev–Trinajstić information content (AvgIpc) is 2.73. The lowest BCUT2D eigenvalue weighted by atomic mass is 10.1. The summed E-state index contributed by atoms with van der Waals surface area (Å²) in [5, 5.41) is 2.49. The van der Waals surface area contributed by atoms with Crippen molar-refractivity contribution in [2.24, 2.45) is 0 Å². The number of carbonyl (C=O) groups excluding carboxylic acids is 1. The van der Waals surface area contributed by atoms with E-state index in [2.05, 4.69) is 10.1 Å². The van der Waals surface area contributed by atoms with Gasteiger partial charge in [0.05, 0.1) is 11.3 Å². The summed E-state index contributed by atoms with van der Waals surface area (Å²) in [6, 6.07) is 6.08.